The van der Waals surface area contributed by atoms with Crippen LogP contribution >= 0.6 is 0 Å². The van der Waals surface area contributed by atoms with E-state index in [1.165, 1.54) is 0 Å². The van der Waals surface area contributed by atoms with Gasteiger partial charge in [-0.1, -0.05) is 37.3 Å². The first-order valence-corrected chi connectivity index (χ1v) is 11.7. The number of benzene rings is 1. The Hall–Kier alpha value is -2.38. The number of hydrogen-bond donors (Lipinski definition) is 1. The Morgan fingerprint density at radius 2 is 2.12 bits per heavy atom. The number of fused-ring (bicyclic) bond motifs is 3. The predicted molar refractivity (Wildman–Crippen MR) is 124 cm³/mol. The van der Waals surface area contributed by atoms with Crippen molar-refractivity contribution in [2.75, 3.05) is 53.0 Å². The summed E-state index contributed by atoms with van der Waals surface area (Å²) in [7, 11) is 1.62. The maximum Gasteiger partial charge on any atom is 0.236 e. The quantitative estimate of drug-likeness (QED) is 0.518. The van der Waals surface area contributed by atoms with E-state index in [2.05, 4.69) is 29.3 Å². The van der Waals surface area contributed by atoms with E-state index in [-0.39, 0.29) is 23.7 Å². The molecule has 2 bridgehead atoms. The standard InChI is InChI=1S/C25H37N3O4/c1-3-12-27-17-22-7-4-5-9-23(22)32-14-6-8-21-18-28(25(30)19-27)13-10-20(21)16-24(29)26-11-15-31-2/h4-9,20-21H,3,10-19H2,1-2H3,(H,26,29)/b8-6+/t20-,21-/m0/s1. The van der Waals surface area contributed by atoms with Crippen LogP contribution in [0.4, 0.5) is 0 Å². The summed E-state index contributed by atoms with van der Waals surface area (Å²) in [6.45, 7) is 6.95. The third-order valence-corrected chi connectivity index (χ3v) is 6.22. The summed E-state index contributed by atoms with van der Waals surface area (Å²) >= 11 is 0. The summed E-state index contributed by atoms with van der Waals surface area (Å²) < 4.78 is 11.1. The van der Waals surface area contributed by atoms with Gasteiger partial charge in [0.25, 0.3) is 0 Å². The molecule has 1 N–H and O–H groups in total. The van der Waals surface area contributed by atoms with Crippen molar-refractivity contribution in [3.8, 4) is 5.75 Å². The second-order valence-electron chi connectivity index (χ2n) is 8.66. The molecule has 0 aliphatic carbocycles. The number of para-hydroxylation sites is 1. The van der Waals surface area contributed by atoms with Crippen LogP contribution in [0.25, 0.3) is 0 Å². The predicted octanol–water partition coefficient (Wildman–Crippen LogP) is 2.46. The second kappa shape index (κ2) is 12.6. The van der Waals surface area contributed by atoms with Gasteiger partial charge in [0.05, 0.1) is 13.2 Å². The van der Waals surface area contributed by atoms with Gasteiger partial charge in [-0.25, -0.2) is 0 Å². The third-order valence-electron chi connectivity index (χ3n) is 6.22. The van der Waals surface area contributed by atoms with Crippen molar-refractivity contribution >= 4 is 11.8 Å². The number of ether oxygens (including phenoxy) is 2. The van der Waals surface area contributed by atoms with E-state index < -0.39 is 0 Å². The second-order valence-corrected chi connectivity index (χ2v) is 8.66. The van der Waals surface area contributed by atoms with Crippen molar-refractivity contribution in [2.45, 2.75) is 32.7 Å². The Morgan fingerprint density at radius 1 is 1.28 bits per heavy atom. The molecule has 1 saturated heterocycles. The highest BCUT2D eigenvalue weighted by Crippen LogP contribution is 2.29. The molecule has 176 valence electrons. The normalized spacial score (nSPS) is 23.2. The summed E-state index contributed by atoms with van der Waals surface area (Å²) in [5, 5.41) is 2.92. The molecule has 1 aromatic carbocycles. The van der Waals surface area contributed by atoms with Crippen molar-refractivity contribution < 1.29 is 19.1 Å². The highest BCUT2D eigenvalue weighted by Gasteiger charge is 2.32. The van der Waals surface area contributed by atoms with Gasteiger partial charge in [0.2, 0.25) is 11.8 Å². The Kier molecular flexibility index (Phi) is 9.56. The van der Waals surface area contributed by atoms with E-state index in [1.807, 2.05) is 29.2 Å². The van der Waals surface area contributed by atoms with Crippen LogP contribution in [0.3, 0.4) is 0 Å². The van der Waals surface area contributed by atoms with Crippen LogP contribution in [0.1, 0.15) is 31.7 Å². The van der Waals surface area contributed by atoms with E-state index in [4.69, 9.17) is 9.47 Å². The molecule has 2 atom stereocenters. The Bertz CT molecular complexity index is 782. The fourth-order valence-corrected chi connectivity index (χ4v) is 4.54. The first-order chi connectivity index (χ1) is 15.6. The van der Waals surface area contributed by atoms with Crippen molar-refractivity contribution in [2.24, 2.45) is 11.8 Å². The van der Waals surface area contributed by atoms with Gasteiger partial charge in [-0.15, -0.1) is 0 Å². The molecule has 2 aliphatic rings. The molecule has 0 saturated carbocycles. The summed E-state index contributed by atoms with van der Waals surface area (Å²) in [5.74, 6) is 1.42. The zero-order chi connectivity index (χ0) is 22.8. The average Bonchev–Trinajstić information content (AvgIpc) is 2.79. The number of carbonyl (C=O) groups is 2. The lowest BCUT2D eigenvalue weighted by molar-refractivity contribution is -0.135. The lowest BCUT2D eigenvalue weighted by Gasteiger charge is -2.38. The molecule has 32 heavy (non-hydrogen) atoms. The van der Waals surface area contributed by atoms with Crippen molar-refractivity contribution in [1.29, 1.82) is 0 Å². The molecule has 0 radical (unpaired) electrons. The number of amides is 2. The van der Waals surface area contributed by atoms with Crippen LogP contribution in [0.5, 0.6) is 5.75 Å². The van der Waals surface area contributed by atoms with Crippen LogP contribution in [-0.2, 0) is 20.9 Å². The number of rotatable bonds is 7. The molecule has 7 nitrogen and oxygen atoms in total. The number of methoxy groups -OCH3 is 1. The number of nitrogens with one attached hydrogen (secondary N) is 1. The molecule has 0 aromatic heterocycles. The maximum absolute atomic E-state index is 13.2. The molecule has 7 heteroatoms. The SMILES string of the molecule is CCCN1CC(=O)N2CC[C@@H](CC(=O)NCCOC)[C@@H](/C=C/COc3ccccc3C1)C2. The van der Waals surface area contributed by atoms with Crippen LogP contribution in [0, 0.1) is 11.8 Å². The fourth-order valence-electron chi connectivity index (χ4n) is 4.54. The molecular weight excluding hydrogens is 406 g/mol. The molecule has 2 amide bonds. The van der Waals surface area contributed by atoms with Gasteiger partial charge in [0.15, 0.2) is 0 Å². The number of hydrogen-bond acceptors (Lipinski definition) is 5. The van der Waals surface area contributed by atoms with E-state index in [1.54, 1.807) is 7.11 Å². The fraction of sp³-hybridized carbons (Fsp3) is 0.600. The third kappa shape index (κ3) is 7.07. The highest BCUT2D eigenvalue weighted by molar-refractivity contribution is 5.79. The van der Waals surface area contributed by atoms with Gasteiger partial charge in [0, 0.05) is 45.3 Å². The van der Waals surface area contributed by atoms with Crippen LogP contribution < -0.4 is 10.1 Å². The van der Waals surface area contributed by atoms with Crippen molar-refractivity contribution in [3.63, 3.8) is 0 Å². The summed E-state index contributed by atoms with van der Waals surface area (Å²) in [6.07, 6.45) is 6.45. The van der Waals surface area contributed by atoms with Crippen LogP contribution in [-0.4, -0.2) is 74.7 Å². The number of carbonyl (C=O) groups excluding carboxylic acids is 2. The van der Waals surface area contributed by atoms with Gasteiger partial charge in [0.1, 0.15) is 12.4 Å². The number of piperidine rings is 1. The molecule has 0 unspecified atom stereocenters. The molecule has 0 spiro atoms. The van der Waals surface area contributed by atoms with Gasteiger partial charge < -0.3 is 19.7 Å². The summed E-state index contributed by atoms with van der Waals surface area (Å²) in [6, 6.07) is 8.06. The Balaban J connectivity index is 1.74. The lowest BCUT2D eigenvalue weighted by atomic mass is 9.82. The van der Waals surface area contributed by atoms with Gasteiger partial charge >= 0.3 is 0 Å². The topological polar surface area (TPSA) is 71.1 Å². The van der Waals surface area contributed by atoms with E-state index in [9.17, 15) is 9.59 Å². The average molecular weight is 444 g/mol. The van der Waals surface area contributed by atoms with E-state index in [0.717, 1.165) is 30.7 Å². The van der Waals surface area contributed by atoms with Crippen molar-refractivity contribution in [1.82, 2.24) is 15.1 Å². The highest BCUT2D eigenvalue weighted by atomic mass is 16.5. The van der Waals surface area contributed by atoms with E-state index in [0.29, 0.717) is 52.4 Å². The lowest BCUT2D eigenvalue weighted by Crippen LogP contribution is -2.48. The summed E-state index contributed by atoms with van der Waals surface area (Å²) in [5.41, 5.74) is 1.10. The minimum absolute atomic E-state index is 0.0439. The van der Waals surface area contributed by atoms with Gasteiger partial charge in [-0.2, -0.15) is 0 Å². The smallest absolute Gasteiger partial charge is 0.236 e. The van der Waals surface area contributed by atoms with Crippen LogP contribution in [0.2, 0.25) is 0 Å². The summed E-state index contributed by atoms with van der Waals surface area (Å²) in [4.78, 5) is 29.7. The molecule has 1 fully saturated rings. The van der Waals surface area contributed by atoms with Crippen LogP contribution in [0.15, 0.2) is 36.4 Å². The van der Waals surface area contributed by atoms with Crippen molar-refractivity contribution in [3.05, 3.63) is 42.0 Å². The van der Waals surface area contributed by atoms with Gasteiger partial charge in [-0.05, 0) is 37.3 Å². The maximum atomic E-state index is 13.2. The number of nitrogens with zero attached hydrogens (tertiary/aromatic N) is 2. The molecule has 3 rings (SSSR count). The zero-order valence-corrected chi connectivity index (χ0v) is 19.4. The molecule has 2 aliphatic heterocycles. The minimum Gasteiger partial charge on any atom is -0.489 e. The minimum atomic E-state index is 0.0439. The first-order valence-electron chi connectivity index (χ1n) is 11.7. The molecule has 2 heterocycles. The van der Waals surface area contributed by atoms with E-state index >= 15 is 0 Å². The first kappa shape index (κ1) is 24.3. The Morgan fingerprint density at radius 3 is 2.94 bits per heavy atom. The Labute approximate surface area is 191 Å². The largest absolute Gasteiger partial charge is 0.489 e. The molecular formula is C25H37N3O4. The van der Waals surface area contributed by atoms with Gasteiger partial charge in [-0.3, -0.25) is 14.5 Å². The molecule has 1 aromatic rings. The zero-order valence-electron chi connectivity index (χ0n) is 19.4. The monoisotopic (exact) mass is 443 g/mol.